The molecule has 132 valence electrons. The molecule has 0 amide bonds. The van der Waals surface area contributed by atoms with E-state index < -0.39 is 21.6 Å². The molecule has 0 radical (unpaired) electrons. The second kappa shape index (κ2) is 5.54. The van der Waals surface area contributed by atoms with Crippen LogP contribution in [0.4, 0.5) is 4.39 Å². The largest absolute Gasteiger partial charge is 0.480 e. The van der Waals surface area contributed by atoms with Crippen molar-refractivity contribution in [3.05, 3.63) is 70.5 Å². The van der Waals surface area contributed by atoms with Gasteiger partial charge in [-0.3, -0.25) is 4.79 Å². The quantitative estimate of drug-likeness (QED) is 0.766. The first-order chi connectivity index (χ1) is 12.3. The van der Waals surface area contributed by atoms with Gasteiger partial charge < -0.3 is 9.67 Å². The summed E-state index contributed by atoms with van der Waals surface area (Å²) in [5.74, 6) is -1.55. The summed E-state index contributed by atoms with van der Waals surface area (Å²) in [4.78, 5) is 11.5. The summed E-state index contributed by atoms with van der Waals surface area (Å²) in [6, 6.07) is 10.8. The summed E-state index contributed by atoms with van der Waals surface area (Å²) in [6.07, 6.45) is 0. The Balaban J connectivity index is 2.08. The molecule has 0 spiro atoms. The van der Waals surface area contributed by atoms with Gasteiger partial charge in [-0.1, -0.05) is 18.2 Å². The molecule has 1 aromatic heterocycles. The van der Waals surface area contributed by atoms with Crippen LogP contribution in [0.5, 0.6) is 0 Å². The highest BCUT2D eigenvalue weighted by atomic mass is 32.2. The topological polar surface area (TPSA) is 76.4 Å². The van der Waals surface area contributed by atoms with Gasteiger partial charge in [-0.05, 0) is 31.2 Å². The zero-order valence-corrected chi connectivity index (χ0v) is 14.5. The zero-order valence-electron chi connectivity index (χ0n) is 13.7. The maximum absolute atomic E-state index is 13.8. The first kappa shape index (κ1) is 16.5. The van der Waals surface area contributed by atoms with Gasteiger partial charge in [-0.2, -0.15) is 0 Å². The van der Waals surface area contributed by atoms with Crippen molar-refractivity contribution in [3.63, 3.8) is 0 Å². The molecule has 1 N–H and O–H groups in total. The molecular formula is C19H14FNO4S. The van der Waals surface area contributed by atoms with Crippen molar-refractivity contribution < 1.29 is 22.7 Å². The fraction of sp³-hybridized carbons (Fsp3) is 0.105. The van der Waals surface area contributed by atoms with Crippen molar-refractivity contribution in [1.82, 2.24) is 4.57 Å². The van der Waals surface area contributed by atoms with Gasteiger partial charge in [0, 0.05) is 33.2 Å². The molecule has 5 nitrogen and oxygen atoms in total. The number of rotatable bonds is 3. The van der Waals surface area contributed by atoms with Crippen LogP contribution in [0.1, 0.15) is 16.8 Å². The van der Waals surface area contributed by atoms with Crippen LogP contribution in [-0.4, -0.2) is 24.1 Å². The maximum Gasteiger partial charge on any atom is 0.323 e. The van der Waals surface area contributed by atoms with Gasteiger partial charge in [-0.15, -0.1) is 0 Å². The summed E-state index contributed by atoms with van der Waals surface area (Å²) >= 11 is 0. The third-order valence-corrected chi connectivity index (χ3v) is 6.12. The van der Waals surface area contributed by atoms with Gasteiger partial charge in [-0.25, -0.2) is 12.8 Å². The van der Waals surface area contributed by atoms with Crippen molar-refractivity contribution in [3.8, 4) is 0 Å². The van der Waals surface area contributed by atoms with Crippen molar-refractivity contribution >= 4 is 32.3 Å². The smallest absolute Gasteiger partial charge is 0.323 e. The zero-order chi connectivity index (χ0) is 18.6. The van der Waals surface area contributed by atoms with E-state index in [0.29, 0.717) is 33.3 Å². The lowest BCUT2D eigenvalue weighted by molar-refractivity contribution is -0.137. The number of hydrogen-bond acceptors (Lipinski definition) is 3. The number of benzene rings is 2. The van der Waals surface area contributed by atoms with E-state index in [0.717, 1.165) is 0 Å². The number of aromatic nitrogens is 1. The van der Waals surface area contributed by atoms with Gasteiger partial charge in [0.05, 0.1) is 10.4 Å². The fourth-order valence-corrected chi connectivity index (χ4v) is 4.98. The van der Waals surface area contributed by atoms with Crippen LogP contribution < -0.4 is 0 Å². The molecule has 0 fully saturated rings. The molecule has 0 saturated carbocycles. The second-order valence-electron chi connectivity index (χ2n) is 6.17. The molecule has 0 saturated heterocycles. The molecule has 0 atom stereocenters. The molecule has 0 unspecified atom stereocenters. The van der Waals surface area contributed by atoms with E-state index in [2.05, 4.69) is 0 Å². The lowest BCUT2D eigenvalue weighted by atomic mass is 9.97. The van der Waals surface area contributed by atoms with Gasteiger partial charge in [0.15, 0.2) is 0 Å². The highest BCUT2D eigenvalue weighted by Gasteiger charge is 2.30. The van der Waals surface area contributed by atoms with E-state index in [1.165, 1.54) is 22.1 Å². The van der Waals surface area contributed by atoms with Gasteiger partial charge in [0.2, 0.25) is 9.84 Å². The Morgan fingerprint density at radius 3 is 2.65 bits per heavy atom. The minimum atomic E-state index is -3.57. The molecule has 7 heteroatoms. The van der Waals surface area contributed by atoms with E-state index >= 15 is 0 Å². The Morgan fingerprint density at radius 1 is 1.19 bits per heavy atom. The minimum Gasteiger partial charge on any atom is -0.480 e. The monoisotopic (exact) mass is 371 g/mol. The predicted molar refractivity (Wildman–Crippen MR) is 95.0 cm³/mol. The number of aliphatic carboxylic acids is 1. The lowest BCUT2D eigenvalue weighted by Gasteiger charge is -2.07. The standard InChI is InChI=1S/C19H14FNO4S/c1-11-19(15-10-26(24,25)17-5-3-2-4-13(15)17)14-7-6-12(20)8-16(14)21(11)9-18(22)23/h2-8,10H,9H2,1H3,(H,22,23). The van der Waals surface area contributed by atoms with Crippen LogP contribution >= 0.6 is 0 Å². The molecular weight excluding hydrogens is 357 g/mol. The number of fused-ring (bicyclic) bond motifs is 2. The van der Waals surface area contributed by atoms with Crippen LogP contribution in [0, 0.1) is 12.7 Å². The Morgan fingerprint density at radius 2 is 1.92 bits per heavy atom. The lowest BCUT2D eigenvalue weighted by Crippen LogP contribution is -2.10. The van der Waals surface area contributed by atoms with Crippen molar-refractivity contribution in [2.75, 3.05) is 0 Å². The van der Waals surface area contributed by atoms with Crippen molar-refractivity contribution in [2.45, 2.75) is 18.4 Å². The second-order valence-corrected chi connectivity index (χ2v) is 7.94. The van der Waals surface area contributed by atoms with E-state index in [4.69, 9.17) is 0 Å². The molecule has 3 aromatic rings. The number of carboxylic acids is 1. The summed E-state index contributed by atoms with van der Waals surface area (Å²) in [5.41, 5.74) is 2.66. The molecule has 2 heterocycles. The molecule has 1 aliphatic heterocycles. The third-order valence-electron chi connectivity index (χ3n) is 4.61. The number of nitrogens with zero attached hydrogens (tertiary/aromatic N) is 1. The van der Waals surface area contributed by atoms with Crippen LogP contribution in [0.2, 0.25) is 0 Å². The molecule has 26 heavy (non-hydrogen) atoms. The first-order valence-electron chi connectivity index (χ1n) is 7.86. The summed E-state index contributed by atoms with van der Waals surface area (Å²) < 4.78 is 40.2. The number of sulfone groups is 1. The molecule has 0 aliphatic carbocycles. The number of hydrogen-bond donors (Lipinski definition) is 1. The molecule has 4 rings (SSSR count). The minimum absolute atomic E-state index is 0.218. The third kappa shape index (κ3) is 2.35. The van der Waals surface area contributed by atoms with Gasteiger partial charge in [0.1, 0.15) is 12.4 Å². The number of carboxylic acid groups (broad SMARTS) is 1. The molecule has 0 bridgehead atoms. The van der Waals surface area contributed by atoms with Crippen LogP contribution in [0.25, 0.3) is 16.5 Å². The molecule has 2 aromatic carbocycles. The summed E-state index contributed by atoms with van der Waals surface area (Å²) in [5, 5.41) is 11.0. The predicted octanol–water partition coefficient (Wildman–Crippen LogP) is 3.35. The summed E-state index contributed by atoms with van der Waals surface area (Å²) in [7, 11) is -3.57. The van der Waals surface area contributed by atoms with Crippen molar-refractivity contribution in [1.29, 1.82) is 0 Å². The first-order valence-corrected chi connectivity index (χ1v) is 9.41. The van der Waals surface area contributed by atoms with Gasteiger partial charge >= 0.3 is 5.97 Å². The average molecular weight is 371 g/mol. The Kier molecular flexibility index (Phi) is 3.52. The van der Waals surface area contributed by atoms with E-state index in [-0.39, 0.29) is 11.4 Å². The normalized spacial score (nSPS) is 15.1. The molecule has 1 aliphatic rings. The fourth-order valence-electron chi connectivity index (χ4n) is 3.54. The maximum atomic E-state index is 13.8. The Labute approximate surface area is 148 Å². The van der Waals surface area contributed by atoms with Gasteiger partial charge in [0.25, 0.3) is 0 Å². The number of halogens is 1. The van der Waals surface area contributed by atoms with Crippen LogP contribution in [0.15, 0.2) is 52.8 Å². The summed E-state index contributed by atoms with van der Waals surface area (Å²) in [6.45, 7) is 1.37. The van der Waals surface area contributed by atoms with Crippen LogP contribution in [0.3, 0.4) is 0 Å². The Bertz CT molecular complexity index is 1220. The highest BCUT2D eigenvalue weighted by molar-refractivity contribution is 7.95. The van der Waals surface area contributed by atoms with E-state index in [1.54, 1.807) is 37.3 Å². The van der Waals surface area contributed by atoms with E-state index in [9.17, 15) is 22.7 Å². The Hall–Kier alpha value is -2.93. The van der Waals surface area contributed by atoms with E-state index in [1.807, 2.05) is 0 Å². The number of carbonyl (C=O) groups is 1. The van der Waals surface area contributed by atoms with Crippen LogP contribution in [-0.2, 0) is 21.2 Å². The van der Waals surface area contributed by atoms with Crippen molar-refractivity contribution in [2.24, 2.45) is 0 Å². The average Bonchev–Trinajstić information content (AvgIpc) is 2.99. The SMILES string of the molecule is Cc1c(C2=CS(=O)(=O)c3ccccc32)c2ccc(F)cc2n1CC(=O)O. The highest BCUT2D eigenvalue weighted by Crippen LogP contribution is 2.42.